The summed E-state index contributed by atoms with van der Waals surface area (Å²) in [4.78, 5) is 0.269. The molecule has 1 aromatic carbocycles. The molecule has 3 N–H and O–H groups in total. The van der Waals surface area contributed by atoms with Gasteiger partial charge in [-0.1, -0.05) is 25.3 Å². The molecule has 1 aromatic heterocycles. The fourth-order valence-corrected chi connectivity index (χ4v) is 4.88. The van der Waals surface area contributed by atoms with Crippen LogP contribution < -0.4 is 10.0 Å². The fraction of sp³-hybridized carbons (Fsp3) is 0.467. The van der Waals surface area contributed by atoms with Gasteiger partial charge in [-0.05, 0) is 30.9 Å². The highest BCUT2D eigenvalue weighted by molar-refractivity contribution is 7.89. The number of sulfonamides is 1. The van der Waals surface area contributed by atoms with E-state index in [1.54, 1.807) is 12.3 Å². The molecule has 23 heavy (non-hydrogen) atoms. The molecule has 0 amide bonds. The van der Waals surface area contributed by atoms with Crippen molar-refractivity contribution in [2.24, 2.45) is 5.92 Å². The first-order valence-electron chi connectivity index (χ1n) is 7.92. The Kier molecular flexibility index (Phi) is 3.57. The second-order valence-corrected chi connectivity index (χ2v) is 7.89. The lowest BCUT2D eigenvalue weighted by atomic mass is 9.87. The quantitative estimate of drug-likeness (QED) is 0.781. The molecule has 8 heteroatoms. The van der Waals surface area contributed by atoms with E-state index in [0.717, 1.165) is 18.4 Å². The number of nitrogens with one attached hydrogen (secondary N) is 3. The van der Waals surface area contributed by atoms with Crippen LogP contribution in [0.1, 0.15) is 32.1 Å². The molecular formula is C15H19N5O2S. The summed E-state index contributed by atoms with van der Waals surface area (Å²) < 4.78 is 28.1. The lowest BCUT2D eigenvalue weighted by Crippen LogP contribution is -2.49. The number of rotatable bonds is 2. The first-order chi connectivity index (χ1) is 11.1. The zero-order valence-corrected chi connectivity index (χ0v) is 13.4. The van der Waals surface area contributed by atoms with Crippen LogP contribution in [-0.2, 0) is 10.0 Å². The van der Waals surface area contributed by atoms with Crippen molar-refractivity contribution in [1.29, 1.82) is 0 Å². The SMILES string of the molecule is O=S1(=O)NC(C2CCCCC2)Nc2ccc(-c3cn[nH]n3)cc21. The average Bonchev–Trinajstić information content (AvgIpc) is 3.09. The zero-order valence-electron chi connectivity index (χ0n) is 12.6. The van der Waals surface area contributed by atoms with Crippen molar-refractivity contribution in [1.82, 2.24) is 20.1 Å². The van der Waals surface area contributed by atoms with Gasteiger partial charge in [-0.15, -0.1) is 0 Å². The van der Waals surface area contributed by atoms with Gasteiger partial charge in [0.05, 0.1) is 18.1 Å². The molecule has 1 unspecified atom stereocenters. The van der Waals surface area contributed by atoms with Crippen LogP contribution in [0.25, 0.3) is 11.3 Å². The van der Waals surface area contributed by atoms with Crippen LogP contribution in [0.4, 0.5) is 5.69 Å². The van der Waals surface area contributed by atoms with Gasteiger partial charge in [0.2, 0.25) is 10.0 Å². The van der Waals surface area contributed by atoms with Crippen LogP contribution in [0.5, 0.6) is 0 Å². The number of aromatic amines is 1. The standard InChI is InChI=1S/C15H19N5O2S/c21-23(22)14-8-11(13-9-16-20-18-13)6-7-12(14)17-15(19-23)10-4-2-1-3-5-10/h6-10,15,17,19H,1-5H2,(H,16,18,20). The zero-order chi connectivity index (χ0) is 15.9. The van der Waals surface area contributed by atoms with Gasteiger partial charge < -0.3 is 5.32 Å². The number of nitrogens with zero attached hydrogens (tertiary/aromatic N) is 2. The van der Waals surface area contributed by atoms with E-state index >= 15 is 0 Å². The molecular weight excluding hydrogens is 314 g/mol. The molecule has 1 fully saturated rings. The van der Waals surface area contributed by atoms with Crippen molar-refractivity contribution in [3.05, 3.63) is 24.4 Å². The van der Waals surface area contributed by atoms with Gasteiger partial charge in [0.15, 0.2) is 0 Å². The highest BCUT2D eigenvalue weighted by Gasteiger charge is 2.34. The van der Waals surface area contributed by atoms with Crippen molar-refractivity contribution in [3.8, 4) is 11.3 Å². The topological polar surface area (TPSA) is 99.8 Å². The molecule has 2 aliphatic rings. The smallest absolute Gasteiger partial charge is 0.244 e. The Morgan fingerprint density at radius 3 is 2.70 bits per heavy atom. The van der Waals surface area contributed by atoms with Gasteiger partial charge in [-0.3, -0.25) is 0 Å². The third kappa shape index (κ3) is 2.72. The first-order valence-corrected chi connectivity index (χ1v) is 9.41. The largest absolute Gasteiger partial charge is 0.368 e. The van der Waals surface area contributed by atoms with Crippen molar-refractivity contribution in [2.45, 2.75) is 43.2 Å². The third-order valence-electron chi connectivity index (χ3n) is 4.70. The van der Waals surface area contributed by atoms with Crippen LogP contribution >= 0.6 is 0 Å². The summed E-state index contributed by atoms with van der Waals surface area (Å²) in [6.07, 6.45) is 7.06. The van der Waals surface area contributed by atoms with Crippen molar-refractivity contribution >= 4 is 15.7 Å². The van der Waals surface area contributed by atoms with Gasteiger partial charge in [0.25, 0.3) is 0 Å². The van der Waals surface area contributed by atoms with E-state index in [0.29, 0.717) is 17.3 Å². The van der Waals surface area contributed by atoms with Gasteiger partial charge in [0.1, 0.15) is 10.6 Å². The molecule has 1 saturated carbocycles. The molecule has 2 aromatic rings. The minimum absolute atomic E-state index is 0.217. The highest BCUT2D eigenvalue weighted by atomic mass is 32.2. The van der Waals surface area contributed by atoms with Crippen molar-refractivity contribution in [3.63, 3.8) is 0 Å². The molecule has 0 saturated heterocycles. The van der Waals surface area contributed by atoms with Gasteiger partial charge in [0, 0.05) is 5.56 Å². The Hall–Kier alpha value is -1.93. The molecule has 0 spiro atoms. The lowest BCUT2D eigenvalue weighted by molar-refractivity contribution is 0.306. The Bertz CT molecular complexity index is 797. The molecule has 1 aliphatic heterocycles. The summed E-state index contributed by atoms with van der Waals surface area (Å²) in [5, 5.41) is 13.7. The number of fused-ring (bicyclic) bond motifs is 1. The van der Waals surface area contributed by atoms with E-state index in [-0.39, 0.29) is 11.1 Å². The Balaban J connectivity index is 1.68. The summed E-state index contributed by atoms with van der Waals surface area (Å²) in [6, 6.07) is 5.32. The number of benzene rings is 1. The van der Waals surface area contributed by atoms with Crippen LogP contribution in [0, 0.1) is 5.92 Å². The minimum Gasteiger partial charge on any atom is -0.368 e. The van der Waals surface area contributed by atoms with E-state index < -0.39 is 10.0 Å². The van der Waals surface area contributed by atoms with E-state index in [4.69, 9.17) is 0 Å². The van der Waals surface area contributed by atoms with E-state index in [1.807, 2.05) is 12.1 Å². The maximum Gasteiger partial charge on any atom is 0.244 e. The Morgan fingerprint density at radius 1 is 1.13 bits per heavy atom. The van der Waals surface area contributed by atoms with Gasteiger partial charge in [-0.25, -0.2) is 8.42 Å². The summed E-state index contributed by atoms with van der Waals surface area (Å²) in [7, 11) is -3.53. The van der Waals surface area contributed by atoms with Gasteiger partial charge >= 0.3 is 0 Å². The molecule has 1 aliphatic carbocycles. The van der Waals surface area contributed by atoms with Crippen molar-refractivity contribution in [2.75, 3.05) is 5.32 Å². The van der Waals surface area contributed by atoms with Crippen LogP contribution in [-0.4, -0.2) is 30.0 Å². The van der Waals surface area contributed by atoms with Crippen LogP contribution in [0.2, 0.25) is 0 Å². The Labute approximate surface area is 134 Å². The molecule has 0 bridgehead atoms. The molecule has 1 atom stereocenters. The molecule has 7 nitrogen and oxygen atoms in total. The molecule has 122 valence electrons. The van der Waals surface area contributed by atoms with Crippen molar-refractivity contribution < 1.29 is 8.42 Å². The third-order valence-corrected chi connectivity index (χ3v) is 6.18. The van der Waals surface area contributed by atoms with Gasteiger partial charge in [-0.2, -0.15) is 20.1 Å². The average molecular weight is 333 g/mol. The molecule has 4 rings (SSSR count). The van der Waals surface area contributed by atoms with E-state index in [2.05, 4.69) is 25.4 Å². The highest BCUT2D eigenvalue weighted by Crippen LogP contribution is 2.34. The predicted octanol–water partition coefficient (Wildman–Crippen LogP) is 2.08. The normalized spacial score (nSPS) is 23.9. The number of hydrogen-bond acceptors (Lipinski definition) is 5. The van der Waals surface area contributed by atoms with Crippen LogP contribution in [0.15, 0.2) is 29.3 Å². The number of aromatic nitrogens is 3. The maximum absolute atomic E-state index is 12.7. The number of H-pyrrole nitrogens is 1. The predicted molar refractivity (Wildman–Crippen MR) is 86.1 cm³/mol. The molecule has 2 heterocycles. The van der Waals surface area contributed by atoms with E-state index in [1.165, 1.54) is 19.3 Å². The first kappa shape index (κ1) is 14.6. The minimum atomic E-state index is -3.53. The van der Waals surface area contributed by atoms with E-state index in [9.17, 15) is 8.42 Å². The number of hydrogen-bond donors (Lipinski definition) is 3. The Morgan fingerprint density at radius 2 is 1.96 bits per heavy atom. The summed E-state index contributed by atoms with van der Waals surface area (Å²) in [5.41, 5.74) is 2.00. The lowest BCUT2D eigenvalue weighted by Gasteiger charge is -2.35. The monoisotopic (exact) mass is 333 g/mol. The summed E-state index contributed by atoms with van der Waals surface area (Å²) >= 11 is 0. The molecule has 0 radical (unpaired) electrons. The summed E-state index contributed by atoms with van der Waals surface area (Å²) in [5.74, 6) is 0.349. The number of anilines is 1. The summed E-state index contributed by atoms with van der Waals surface area (Å²) in [6.45, 7) is 0. The second kappa shape index (κ2) is 5.61. The van der Waals surface area contributed by atoms with Crippen LogP contribution in [0.3, 0.4) is 0 Å². The fourth-order valence-electron chi connectivity index (χ4n) is 3.47. The second-order valence-electron chi connectivity index (χ2n) is 6.21. The maximum atomic E-state index is 12.7.